The number of nitrogens with one attached hydrogen (secondary N) is 1. The fourth-order valence-electron chi connectivity index (χ4n) is 1.46. The van der Waals surface area contributed by atoms with Gasteiger partial charge >= 0.3 is 0 Å². The Morgan fingerprint density at radius 2 is 2.11 bits per heavy atom. The Balaban J connectivity index is 1.85. The van der Waals surface area contributed by atoms with Gasteiger partial charge < -0.3 is 9.84 Å². The molecule has 0 bridgehead atoms. The summed E-state index contributed by atoms with van der Waals surface area (Å²) in [6, 6.07) is 6.24. The molecule has 0 spiro atoms. The summed E-state index contributed by atoms with van der Waals surface area (Å²) < 4.78 is 4.96. The van der Waals surface area contributed by atoms with Crippen molar-refractivity contribution in [2.75, 3.05) is 11.9 Å². The molecule has 18 heavy (non-hydrogen) atoms. The number of nitro benzene ring substituents is 1. The van der Waals surface area contributed by atoms with Gasteiger partial charge in [0.25, 0.3) is 5.69 Å². The largest absolute Gasteiger partial charge is 0.385 e. The van der Waals surface area contributed by atoms with E-state index in [1.54, 1.807) is 19.1 Å². The average molecular weight is 248 g/mol. The molecule has 0 radical (unpaired) electrons. The van der Waals surface area contributed by atoms with Gasteiger partial charge in [-0.25, -0.2) is 0 Å². The second-order valence-electron chi connectivity index (χ2n) is 3.72. The van der Waals surface area contributed by atoms with Crippen LogP contribution in [-0.2, 0) is 6.42 Å². The number of rotatable bonds is 5. The zero-order valence-corrected chi connectivity index (χ0v) is 9.79. The summed E-state index contributed by atoms with van der Waals surface area (Å²) in [4.78, 5) is 14.1. The lowest BCUT2D eigenvalue weighted by molar-refractivity contribution is -0.384. The maximum Gasteiger partial charge on any atom is 0.269 e. The molecule has 0 atom stereocenters. The summed E-state index contributed by atoms with van der Waals surface area (Å²) >= 11 is 0. The number of aromatic nitrogens is 2. The van der Waals surface area contributed by atoms with Gasteiger partial charge in [0.2, 0.25) is 5.89 Å². The Morgan fingerprint density at radius 1 is 1.39 bits per heavy atom. The molecule has 7 heteroatoms. The fourth-order valence-corrected chi connectivity index (χ4v) is 1.46. The van der Waals surface area contributed by atoms with E-state index in [0.29, 0.717) is 24.7 Å². The van der Waals surface area contributed by atoms with E-state index in [4.69, 9.17) is 4.52 Å². The lowest BCUT2D eigenvalue weighted by Gasteiger charge is -2.03. The highest BCUT2D eigenvalue weighted by atomic mass is 16.6. The van der Waals surface area contributed by atoms with E-state index in [2.05, 4.69) is 15.5 Å². The van der Waals surface area contributed by atoms with Crippen LogP contribution in [0.4, 0.5) is 11.4 Å². The molecule has 0 aliphatic heterocycles. The van der Waals surface area contributed by atoms with Crippen LogP contribution in [0.25, 0.3) is 0 Å². The van der Waals surface area contributed by atoms with Crippen molar-refractivity contribution in [1.29, 1.82) is 0 Å². The van der Waals surface area contributed by atoms with Crippen molar-refractivity contribution in [2.45, 2.75) is 13.3 Å². The van der Waals surface area contributed by atoms with Crippen LogP contribution in [0.15, 0.2) is 28.8 Å². The van der Waals surface area contributed by atoms with Crippen LogP contribution < -0.4 is 5.32 Å². The summed E-state index contributed by atoms with van der Waals surface area (Å²) in [5.41, 5.74) is 0.893. The lowest BCUT2D eigenvalue weighted by Crippen LogP contribution is -2.05. The standard InChI is InChI=1S/C11H12N4O3/c1-8-13-11(18-14-8)6-7-12-9-2-4-10(5-3-9)15(16)17/h2-5,12H,6-7H2,1H3. The average Bonchev–Trinajstić information content (AvgIpc) is 2.76. The topological polar surface area (TPSA) is 94.1 Å². The first-order valence-corrected chi connectivity index (χ1v) is 5.42. The summed E-state index contributed by atoms with van der Waals surface area (Å²) in [7, 11) is 0. The van der Waals surface area contributed by atoms with Crippen LogP contribution >= 0.6 is 0 Å². The smallest absolute Gasteiger partial charge is 0.269 e. The Bertz CT molecular complexity index is 535. The van der Waals surface area contributed by atoms with Crippen molar-refractivity contribution >= 4 is 11.4 Å². The number of aryl methyl sites for hydroxylation is 1. The van der Waals surface area contributed by atoms with E-state index < -0.39 is 4.92 Å². The third-order valence-electron chi connectivity index (χ3n) is 2.32. The predicted octanol–water partition coefficient (Wildman–Crippen LogP) is 1.94. The highest BCUT2D eigenvalue weighted by molar-refractivity contribution is 5.48. The van der Waals surface area contributed by atoms with E-state index in [0.717, 1.165) is 5.69 Å². The number of benzene rings is 1. The molecule has 1 heterocycles. The molecule has 0 aliphatic carbocycles. The van der Waals surface area contributed by atoms with E-state index in [9.17, 15) is 10.1 Å². The zero-order chi connectivity index (χ0) is 13.0. The summed E-state index contributed by atoms with van der Waals surface area (Å²) in [6.07, 6.45) is 0.609. The quantitative estimate of drug-likeness (QED) is 0.641. The molecule has 2 aromatic rings. The second kappa shape index (κ2) is 5.26. The first-order valence-electron chi connectivity index (χ1n) is 5.42. The number of nitrogens with zero attached hydrogens (tertiary/aromatic N) is 3. The van der Waals surface area contributed by atoms with Gasteiger partial charge in [-0.3, -0.25) is 10.1 Å². The molecule has 1 aromatic heterocycles. The minimum atomic E-state index is -0.426. The zero-order valence-electron chi connectivity index (χ0n) is 9.79. The Morgan fingerprint density at radius 3 is 2.67 bits per heavy atom. The molecule has 94 valence electrons. The minimum Gasteiger partial charge on any atom is -0.385 e. The third kappa shape index (κ3) is 3.03. The van der Waals surface area contributed by atoms with Crippen LogP contribution in [0.1, 0.15) is 11.7 Å². The van der Waals surface area contributed by atoms with Gasteiger partial charge in [0.1, 0.15) is 0 Å². The fraction of sp³-hybridized carbons (Fsp3) is 0.273. The van der Waals surface area contributed by atoms with Crippen molar-refractivity contribution in [3.05, 3.63) is 46.1 Å². The van der Waals surface area contributed by atoms with Gasteiger partial charge in [0.05, 0.1) is 4.92 Å². The molecule has 0 saturated carbocycles. The van der Waals surface area contributed by atoms with Crippen molar-refractivity contribution in [1.82, 2.24) is 10.1 Å². The summed E-state index contributed by atoms with van der Waals surface area (Å²) in [5, 5.41) is 17.3. The van der Waals surface area contributed by atoms with Crippen LogP contribution in [0, 0.1) is 17.0 Å². The number of non-ortho nitro benzene ring substituents is 1. The van der Waals surface area contributed by atoms with E-state index >= 15 is 0 Å². The lowest BCUT2D eigenvalue weighted by atomic mass is 10.3. The number of nitro groups is 1. The van der Waals surface area contributed by atoms with Crippen molar-refractivity contribution in [3.8, 4) is 0 Å². The van der Waals surface area contributed by atoms with Gasteiger partial charge in [-0.15, -0.1) is 0 Å². The molecule has 0 saturated heterocycles. The van der Waals surface area contributed by atoms with E-state index in [1.807, 2.05) is 0 Å². The predicted molar refractivity (Wildman–Crippen MR) is 64.3 cm³/mol. The molecule has 0 aliphatic rings. The third-order valence-corrected chi connectivity index (χ3v) is 2.32. The van der Waals surface area contributed by atoms with Crippen LogP contribution in [0.2, 0.25) is 0 Å². The Kier molecular flexibility index (Phi) is 3.52. The highest BCUT2D eigenvalue weighted by Crippen LogP contribution is 2.15. The van der Waals surface area contributed by atoms with Gasteiger partial charge in [-0.1, -0.05) is 5.16 Å². The van der Waals surface area contributed by atoms with Crippen molar-refractivity contribution < 1.29 is 9.45 Å². The summed E-state index contributed by atoms with van der Waals surface area (Å²) in [5.74, 6) is 1.18. The summed E-state index contributed by atoms with van der Waals surface area (Å²) in [6.45, 7) is 2.39. The van der Waals surface area contributed by atoms with Gasteiger partial charge in [0, 0.05) is 30.8 Å². The SMILES string of the molecule is Cc1noc(CCNc2ccc([N+](=O)[O-])cc2)n1. The van der Waals surface area contributed by atoms with Crippen LogP contribution in [0.5, 0.6) is 0 Å². The molecular formula is C11H12N4O3. The van der Waals surface area contributed by atoms with Gasteiger partial charge in [-0.2, -0.15) is 4.98 Å². The van der Waals surface area contributed by atoms with E-state index in [1.165, 1.54) is 12.1 Å². The molecule has 0 amide bonds. The van der Waals surface area contributed by atoms with E-state index in [-0.39, 0.29) is 5.69 Å². The maximum atomic E-state index is 10.5. The Labute approximate surface area is 103 Å². The molecule has 1 N–H and O–H groups in total. The van der Waals surface area contributed by atoms with Gasteiger partial charge in [-0.05, 0) is 19.1 Å². The van der Waals surface area contributed by atoms with Crippen LogP contribution in [-0.4, -0.2) is 21.6 Å². The number of anilines is 1. The molecule has 0 unspecified atom stereocenters. The second-order valence-corrected chi connectivity index (χ2v) is 3.72. The molecule has 2 rings (SSSR count). The molecule has 1 aromatic carbocycles. The highest BCUT2D eigenvalue weighted by Gasteiger charge is 2.04. The molecule has 7 nitrogen and oxygen atoms in total. The number of hydrogen-bond acceptors (Lipinski definition) is 6. The minimum absolute atomic E-state index is 0.0769. The first-order chi connectivity index (χ1) is 8.65. The molecular weight excluding hydrogens is 236 g/mol. The van der Waals surface area contributed by atoms with Crippen LogP contribution in [0.3, 0.4) is 0 Å². The number of hydrogen-bond donors (Lipinski definition) is 1. The van der Waals surface area contributed by atoms with Crippen molar-refractivity contribution in [3.63, 3.8) is 0 Å². The normalized spacial score (nSPS) is 10.3. The van der Waals surface area contributed by atoms with Crippen molar-refractivity contribution in [2.24, 2.45) is 0 Å². The van der Waals surface area contributed by atoms with Gasteiger partial charge in [0.15, 0.2) is 5.82 Å². The first kappa shape index (κ1) is 12.0. The maximum absolute atomic E-state index is 10.5. The molecule has 0 fully saturated rings. The Hall–Kier alpha value is -2.44. The monoisotopic (exact) mass is 248 g/mol.